The largest absolute Gasteiger partial charge is 0.309 e. The number of rotatable bonds is 7. The maximum atomic E-state index is 13.9. The lowest BCUT2D eigenvalue weighted by molar-refractivity contribution is -0.384. The Labute approximate surface area is 211 Å². The average Bonchev–Trinajstić information content (AvgIpc) is 3.35. The van der Waals surface area contributed by atoms with Crippen molar-refractivity contribution in [2.24, 2.45) is 5.92 Å². The van der Waals surface area contributed by atoms with Crippen LogP contribution >= 0.6 is 0 Å². The van der Waals surface area contributed by atoms with Gasteiger partial charge in [0.1, 0.15) is 0 Å². The summed E-state index contributed by atoms with van der Waals surface area (Å²) >= 11 is 0. The molecule has 1 aliphatic heterocycles. The molecule has 16 heteroatoms. The summed E-state index contributed by atoms with van der Waals surface area (Å²) < 4.78 is 95.6. The molecule has 0 atom stereocenters. The number of aromatic nitrogens is 2. The van der Waals surface area contributed by atoms with E-state index < -0.39 is 68.0 Å². The van der Waals surface area contributed by atoms with E-state index >= 15 is 0 Å². The van der Waals surface area contributed by atoms with Gasteiger partial charge >= 0.3 is 0 Å². The first-order valence-electron chi connectivity index (χ1n) is 11.0. The molecule has 1 amide bonds. The Morgan fingerprint density at radius 2 is 1.53 bits per heavy atom. The van der Waals surface area contributed by atoms with Crippen LogP contribution in [-0.4, -0.2) is 46.4 Å². The molecule has 38 heavy (non-hydrogen) atoms. The van der Waals surface area contributed by atoms with E-state index in [9.17, 15) is 45.3 Å². The van der Waals surface area contributed by atoms with Crippen LogP contribution < -0.4 is 5.32 Å². The highest BCUT2D eigenvalue weighted by Crippen LogP contribution is 2.27. The standard InChI is InChI=1S/C22H18F5N5O5S/c23-17-15(18(24)20(26)21(27)19(17)25)11-30-8-7-16(29-30)28-22(33)12-5-9-31(10-6-12)38(36,37)14-3-1-13(2-4-14)32(34)35/h1-4,7-8,12H,5-6,9-11H2,(H,28,29,33). The van der Waals surface area contributed by atoms with Gasteiger partial charge in [-0.05, 0) is 25.0 Å². The second-order valence-corrected chi connectivity index (χ2v) is 10.3. The number of nitro benzene ring substituents is 1. The number of nitrogens with one attached hydrogen (secondary N) is 1. The Morgan fingerprint density at radius 3 is 2.08 bits per heavy atom. The zero-order valence-electron chi connectivity index (χ0n) is 19.2. The van der Waals surface area contributed by atoms with Crippen LogP contribution in [0.15, 0.2) is 41.4 Å². The quantitative estimate of drug-likeness (QED) is 0.155. The number of hydrogen-bond donors (Lipinski definition) is 1. The summed E-state index contributed by atoms with van der Waals surface area (Å²) in [7, 11) is -3.93. The van der Waals surface area contributed by atoms with Crippen LogP contribution in [0.2, 0.25) is 0 Å². The lowest BCUT2D eigenvalue weighted by Crippen LogP contribution is -2.41. The molecule has 0 unspecified atom stereocenters. The molecule has 0 saturated carbocycles. The van der Waals surface area contributed by atoms with Gasteiger partial charge < -0.3 is 5.32 Å². The molecule has 0 bridgehead atoms. The van der Waals surface area contributed by atoms with Crippen LogP contribution in [0.3, 0.4) is 0 Å². The minimum Gasteiger partial charge on any atom is -0.309 e. The summed E-state index contributed by atoms with van der Waals surface area (Å²) in [5.41, 5.74) is -1.35. The summed E-state index contributed by atoms with van der Waals surface area (Å²) in [6.45, 7) is -0.779. The Balaban J connectivity index is 1.36. The molecule has 0 spiro atoms. The molecule has 1 saturated heterocycles. The van der Waals surface area contributed by atoms with Crippen molar-refractivity contribution in [3.8, 4) is 0 Å². The number of non-ortho nitro benzene ring substituents is 1. The molecule has 2 heterocycles. The van der Waals surface area contributed by atoms with Crippen molar-refractivity contribution in [1.82, 2.24) is 14.1 Å². The van der Waals surface area contributed by atoms with Gasteiger partial charge in [0.05, 0.1) is 21.9 Å². The first kappa shape index (κ1) is 27.1. The lowest BCUT2D eigenvalue weighted by Gasteiger charge is -2.30. The number of piperidine rings is 1. The van der Waals surface area contributed by atoms with E-state index in [2.05, 4.69) is 10.4 Å². The number of halogens is 5. The van der Waals surface area contributed by atoms with Crippen LogP contribution in [0.25, 0.3) is 0 Å². The van der Waals surface area contributed by atoms with Crippen LogP contribution in [0.1, 0.15) is 18.4 Å². The van der Waals surface area contributed by atoms with E-state index in [1.807, 2.05) is 0 Å². The van der Waals surface area contributed by atoms with Crippen LogP contribution in [0.5, 0.6) is 0 Å². The molecule has 1 aromatic heterocycles. The van der Waals surface area contributed by atoms with Crippen molar-refractivity contribution < 1.29 is 40.1 Å². The second-order valence-electron chi connectivity index (χ2n) is 8.37. The summed E-state index contributed by atoms with van der Waals surface area (Å²) in [5, 5.41) is 17.1. The first-order chi connectivity index (χ1) is 17.9. The van der Waals surface area contributed by atoms with E-state index in [0.29, 0.717) is 0 Å². The maximum Gasteiger partial charge on any atom is 0.269 e. The summed E-state index contributed by atoms with van der Waals surface area (Å²) in [4.78, 5) is 22.6. The fourth-order valence-corrected chi connectivity index (χ4v) is 5.41. The van der Waals surface area contributed by atoms with Gasteiger partial charge in [0.2, 0.25) is 21.7 Å². The number of amides is 1. The molecule has 1 aliphatic rings. The van der Waals surface area contributed by atoms with Gasteiger partial charge in [0.25, 0.3) is 5.69 Å². The molecular formula is C22H18F5N5O5S. The molecule has 10 nitrogen and oxygen atoms in total. The normalized spacial score (nSPS) is 15.0. The van der Waals surface area contributed by atoms with E-state index in [1.165, 1.54) is 12.3 Å². The number of carbonyl (C=O) groups excluding carboxylic acids is 1. The van der Waals surface area contributed by atoms with Gasteiger partial charge in [0.15, 0.2) is 29.1 Å². The van der Waals surface area contributed by atoms with Gasteiger partial charge in [-0.2, -0.15) is 9.40 Å². The lowest BCUT2D eigenvalue weighted by atomic mass is 9.97. The summed E-state index contributed by atoms with van der Waals surface area (Å²) in [5.74, 6) is -11.6. The fourth-order valence-electron chi connectivity index (χ4n) is 3.94. The van der Waals surface area contributed by atoms with E-state index in [4.69, 9.17) is 0 Å². The van der Waals surface area contributed by atoms with Gasteiger partial charge in [-0.3, -0.25) is 19.6 Å². The third kappa shape index (κ3) is 5.22. The minimum atomic E-state index is -3.93. The number of anilines is 1. The third-order valence-corrected chi connectivity index (χ3v) is 7.94. The highest BCUT2D eigenvalue weighted by molar-refractivity contribution is 7.89. The zero-order valence-corrected chi connectivity index (χ0v) is 20.0. The van der Waals surface area contributed by atoms with E-state index in [1.54, 1.807) is 0 Å². The Hall–Kier alpha value is -3.92. The molecule has 3 aromatic rings. The Kier molecular flexibility index (Phi) is 7.46. The fraction of sp³-hybridized carbons (Fsp3) is 0.273. The van der Waals surface area contributed by atoms with Gasteiger partial charge in [-0.25, -0.2) is 30.4 Å². The molecule has 1 N–H and O–H groups in total. The zero-order chi connectivity index (χ0) is 27.8. The number of nitro groups is 1. The van der Waals surface area contributed by atoms with Gasteiger partial charge in [-0.1, -0.05) is 0 Å². The van der Waals surface area contributed by atoms with Crippen molar-refractivity contribution in [3.05, 3.63) is 81.3 Å². The third-order valence-electron chi connectivity index (χ3n) is 6.02. The predicted octanol–water partition coefficient (Wildman–Crippen LogP) is 3.57. The molecule has 0 aliphatic carbocycles. The molecule has 0 radical (unpaired) electrons. The van der Waals surface area contributed by atoms with Crippen LogP contribution in [0.4, 0.5) is 33.5 Å². The maximum absolute atomic E-state index is 13.9. The number of benzene rings is 2. The van der Waals surface area contributed by atoms with E-state index in [-0.39, 0.29) is 42.3 Å². The molecule has 202 valence electrons. The van der Waals surface area contributed by atoms with Crippen molar-refractivity contribution >= 4 is 27.4 Å². The highest BCUT2D eigenvalue weighted by atomic mass is 32.2. The predicted molar refractivity (Wildman–Crippen MR) is 121 cm³/mol. The Bertz CT molecular complexity index is 1480. The van der Waals surface area contributed by atoms with Crippen LogP contribution in [-0.2, 0) is 21.4 Å². The summed E-state index contributed by atoms with van der Waals surface area (Å²) in [6.07, 6.45) is 1.49. The van der Waals surface area contributed by atoms with Crippen molar-refractivity contribution in [1.29, 1.82) is 0 Å². The average molecular weight is 559 g/mol. The SMILES string of the molecule is O=C(Nc1ccn(Cc2c(F)c(F)c(F)c(F)c2F)n1)C1CCN(S(=O)(=O)c2ccc([N+](=O)[O-])cc2)CC1. The number of hydrogen-bond acceptors (Lipinski definition) is 6. The number of nitrogens with zero attached hydrogens (tertiary/aromatic N) is 4. The number of sulfonamides is 1. The van der Waals surface area contributed by atoms with E-state index in [0.717, 1.165) is 33.3 Å². The smallest absolute Gasteiger partial charge is 0.269 e. The summed E-state index contributed by atoms with van der Waals surface area (Å²) in [6, 6.07) is 5.69. The van der Waals surface area contributed by atoms with Crippen molar-refractivity contribution in [2.75, 3.05) is 18.4 Å². The second kappa shape index (κ2) is 10.4. The van der Waals surface area contributed by atoms with Crippen molar-refractivity contribution in [3.63, 3.8) is 0 Å². The monoisotopic (exact) mass is 559 g/mol. The highest BCUT2D eigenvalue weighted by Gasteiger charge is 2.33. The van der Waals surface area contributed by atoms with Gasteiger partial charge in [-0.15, -0.1) is 0 Å². The topological polar surface area (TPSA) is 127 Å². The minimum absolute atomic E-state index is 0.00605. The Morgan fingerprint density at radius 1 is 0.974 bits per heavy atom. The van der Waals surface area contributed by atoms with Gasteiger partial charge in [0, 0.05) is 43.4 Å². The molecule has 4 rings (SSSR count). The molecular weight excluding hydrogens is 541 g/mol. The number of carbonyl (C=O) groups is 1. The van der Waals surface area contributed by atoms with Crippen molar-refractivity contribution in [2.45, 2.75) is 24.3 Å². The molecule has 2 aromatic carbocycles. The molecule has 1 fully saturated rings. The van der Waals surface area contributed by atoms with Crippen LogP contribution in [0, 0.1) is 45.1 Å². The first-order valence-corrected chi connectivity index (χ1v) is 12.4.